The van der Waals surface area contributed by atoms with Crippen molar-refractivity contribution in [1.82, 2.24) is 99.3 Å². The maximum Gasteiger partial charge on any atom is 0.246 e. The third-order valence-corrected chi connectivity index (χ3v) is 19.8. The second kappa shape index (κ2) is 48.9. The highest BCUT2D eigenvalue weighted by Gasteiger charge is 2.42. The Balaban J connectivity index is 1.31. The summed E-state index contributed by atoms with van der Waals surface area (Å²) >= 11 is 0. The standard InChI is InChI=1S/C78H116N22O19/c1-10-42(7)64(77(118)90-50(11-2)65(81)106)99-69(110)52(13-4)91-70(111)53(22-17-18-28-79)93-71(112)56(33-48-36-83-40-86-48)94-66(107)43(8)87-75(116)60-23-19-29-100(60)78(119)58(31-45-20-15-14-16-21-45)97-76(117)63(41(5)6)98-73(114)54(30-46-24-26-49(103)27-25-46)95-72(113)57(34-61(80)104)96-68(109)51(12-3)92-74(115)59(38-101)89-62(105)37-84-67(108)55(88-44(9)102)32-47-35-82-39-85-47/h14-16,20-21,24-27,35-36,39-43,50-60,63-64,101,103H,10-13,17-19,22-23,28-34,37-38,79H2,1-9H3,(H2,80,104)(H2,81,106)(H,82,85)(H,83,86)(H,84,108)(H,87,116)(H,88,102)(H,89,105)(H,90,118)(H,91,111)(H,92,115)(H,93,112)(H,94,107)(H,95,113)(H,96,109)(H,97,117)(H,98,114)(H,99,110)/t42-,43-,50?,51?,52?,53-,54-,55-,56-,57-,58-,59-,60-,63-,64-/m0/s1. The van der Waals surface area contributed by atoms with E-state index in [9.17, 15) is 86.9 Å². The summed E-state index contributed by atoms with van der Waals surface area (Å²) in [5, 5.41) is 56.0. The van der Waals surface area contributed by atoms with Crippen LogP contribution in [0.15, 0.2) is 79.6 Å². The SMILES string of the molecule is CCC(NC(=O)[C@@H](NC(=O)C(CC)NC(=O)[C@H](CCCCN)NC(=O)[C@H](Cc1c[nH]cn1)NC(=O)[C@H](C)NC(=O)[C@@H]1CCCN1C(=O)[C@H](Cc1ccccc1)NC(=O)[C@@H](NC(=O)[C@H](Cc1ccc(O)cc1)NC(=O)[C@H](CC(N)=O)NC(=O)C(CC)NC(=O)[C@H](CO)NC(=O)CNC(=O)[C@H](Cc1c[nH]cn1)NC(C)=O)C(C)C)[C@@H](C)CC)C(N)=O. The number of phenolic OH excluding ortho intramolecular Hbond substituents is 1. The Morgan fingerprint density at radius 3 is 1.50 bits per heavy atom. The highest BCUT2D eigenvalue weighted by Crippen LogP contribution is 2.22. The number of nitrogens with two attached hydrogens (primary N) is 3. The van der Waals surface area contributed by atoms with E-state index < -0.39 is 216 Å². The molecule has 0 bridgehead atoms. The van der Waals surface area contributed by atoms with Crippen molar-refractivity contribution in [1.29, 1.82) is 0 Å². The molecule has 17 amide bonds. The lowest BCUT2D eigenvalue weighted by Crippen LogP contribution is -2.62. The molecule has 1 aliphatic rings. The molecule has 41 heteroatoms. The van der Waals surface area contributed by atoms with E-state index in [0.717, 1.165) is 0 Å². The number of aromatic hydroxyl groups is 1. The predicted octanol–water partition coefficient (Wildman–Crippen LogP) is -5.03. The number of amides is 17. The van der Waals surface area contributed by atoms with E-state index in [-0.39, 0.29) is 83.0 Å². The van der Waals surface area contributed by atoms with Gasteiger partial charge < -0.3 is 117 Å². The normalized spacial score (nSPS) is 15.9. The number of benzene rings is 2. The molecule has 3 heterocycles. The number of aromatic amines is 2. The van der Waals surface area contributed by atoms with E-state index in [1.807, 2.05) is 0 Å². The Morgan fingerprint density at radius 1 is 0.496 bits per heavy atom. The monoisotopic (exact) mass is 1660 g/mol. The van der Waals surface area contributed by atoms with Crippen LogP contribution in [0.5, 0.6) is 5.75 Å². The van der Waals surface area contributed by atoms with Crippen molar-refractivity contribution in [3.63, 3.8) is 0 Å². The van der Waals surface area contributed by atoms with Gasteiger partial charge in [0.2, 0.25) is 100 Å². The van der Waals surface area contributed by atoms with Crippen LogP contribution in [0.4, 0.5) is 0 Å². The fraction of sp³-hybridized carbons (Fsp3) is 0.551. The van der Waals surface area contributed by atoms with Gasteiger partial charge >= 0.3 is 0 Å². The molecular weight excluding hydrogens is 1550 g/mol. The van der Waals surface area contributed by atoms with Crippen molar-refractivity contribution in [2.75, 3.05) is 26.2 Å². The highest BCUT2D eigenvalue weighted by atomic mass is 16.3. The van der Waals surface area contributed by atoms with E-state index in [4.69, 9.17) is 17.2 Å². The van der Waals surface area contributed by atoms with Gasteiger partial charge in [-0.05, 0) is 99.9 Å². The van der Waals surface area contributed by atoms with Gasteiger partial charge in [0, 0.05) is 51.5 Å². The highest BCUT2D eigenvalue weighted by molar-refractivity contribution is 6.01. The van der Waals surface area contributed by atoms with Crippen LogP contribution in [0.2, 0.25) is 0 Å². The molecule has 15 atom stereocenters. The quantitative estimate of drug-likeness (QED) is 0.0184. The fourth-order valence-corrected chi connectivity index (χ4v) is 12.8. The number of aliphatic hydroxyl groups excluding tert-OH is 1. The topological polar surface area (TPSA) is 638 Å². The molecule has 3 unspecified atom stereocenters. The Bertz CT molecular complexity index is 4100. The molecule has 1 saturated heterocycles. The molecule has 1 fully saturated rings. The molecule has 0 spiro atoms. The number of aromatic nitrogens is 4. The van der Waals surface area contributed by atoms with Crippen LogP contribution in [0.1, 0.15) is 149 Å². The number of primary amides is 2. The maximum absolute atomic E-state index is 15.1. The minimum absolute atomic E-state index is 0.00273. The molecule has 1 aliphatic heterocycles. The lowest BCUT2D eigenvalue weighted by molar-refractivity contribution is -0.142. The summed E-state index contributed by atoms with van der Waals surface area (Å²) in [6, 6.07) is -5.55. The van der Waals surface area contributed by atoms with Gasteiger partial charge in [-0.1, -0.05) is 97.4 Å². The molecule has 0 aliphatic carbocycles. The zero-order valence-electron chi connectivity index (χ0n) is 68.4. The molecule has 652 valence electrons. The molecular formula is C78H116N22O19. The predicted molar refractivity (Wildman–Crippen MR) is 429 cm³/mol. The lowest BCUT2D eigenvalue weighted by Gasteiger charge is -2.31. The van der Waals surface area contributed by atoms with Crippen LogP contribution in [0.3, 0.4) is 0 Å². The van der Waals surface area contributed by atoms with Gasteiger partial charge in [-0.25, -0.2) is 9.97 Å². The number of H-pyrrole nitrogens is 2. The first-order valence-electron chi connectivity index (χ1n) is 39.7. The number of aliphatic hydroxyl groups is 1. The molecule has 41 nitrogen and oxygen atoms in total. The van der Waals surface area contributed by atoms with E-state index in [1.54, 1.807) is 71.9 Å². The van der Waals surface area contributed by atoms with Crippen LogP contribution in [0, 0.1) is 11.8 Å². The smallest absolute Gasteiger partial charge is 0.246 e. The molecule has 24 N–H and O–H groups in total. The lowest BCUT2D eigenvalue weighted by atomic mass is 9.97. The number of imidazole rings is 2. The van der Waals surface area contributed by atoms with E-state index in [0.29, 0.717) is 41.8 Å². The average Bonchev–Trinajstić information content (AvgIpc) is 1.76. The summed E-state index contributed by atoms with van der Waals surface area (Å²) in [5.41, 5.74) is 18.5. The summed E-state index contributed by atoms with van der Waals surface area (Å²) < 4.78 is 0. The molecule has 2 aromatic heterocycles. The first-order valence-corrected chi connectivity index (χ1v) is 39.7. The first-order chi connectivity index (χ1) is 56.5. The Kier molecular flexibility index (Phi) is 40.0. The number of carbonyl (C=O) groups is 17. The second-order valence-corrected chi connectivity index (χ2v) is 29.5. The zero-order chi connectivity index (χ0) is 88.2. The van der Waals surface area contributed by atoms with Crippen molar-refractivity contribution in [2.24, 2.45) is 29.0 Å². The second-order valence-electron chi connectivity index (χ2n) is 29.5. The summed E-state index contributed by atoms with van der Waals surface area (Å²) in [4.78, 5) is 249. The van der Waals surface area contributed by atoms with Crippen molar-refractivity contribution >= 4 is 100 Å². The van der Waals surface area contributed by atoms with Gasteiger partial charge in [-0.3, -0.25) is 81.5 Å². The van der Waals surface area contributed by atoms with E-state index in [2.05, 4.69) is 94.4 Å². The first kappa shape index (κ1) is 97.1. The molecule has 5 rings (SSSR count). The van der Waals surface area contributed by atoms with Crippen LogP contribution >= 0.6 is 0 Å². The minimum atomic E-state index is -1.85. The van der Waals surface area contributed by atoms with Gasteiger partial charge in [0.1, 0.15) is 90.3 Å². The summed E-state index contributed by atoms with van der Waals surface area (Å²) in [6.45, 7) is 12.4. The van der Waals surface area contributed by atoms with E-state index >= 15 is 4.79 Å². The number of unbranched alkanes of at least 4 members (excludes halogenated alkanes) is 1. The number of hydrogen-bond acceptors (Lipinski definition) is 22. The Morgan fingerprint density at radius 2 is 0.966 bits per heavy atom. The summed E-state index contributed by atoms with van der Waals surface area (Å²) in [5.74, 6) is -16.2. The number of nitrogens with one attached hydrogen (secondary N) is 16. The van der Waals surface area contributed by atoms with Gasteiger partial charge in [0.05, 0.1) is 43.6 Å². The number of carbonyl (C=O) groups excluding carboxylic acids is 17. The van der Waals surface area contributed by atoms with Crippen LogP contribution in [-0.2, 0) is 107 Å². The van der Waals surface area contributed by atoms with Crippen LogP contribution in [-0.4, -0.2) is 246 Å². The van der Waals surface area contributed by atoms with Crippen molar-refractivity contribution in [3.05, 3.63) is 102 Å². The van der Waals surface area contributed by atoms with Crippen LogP contribution < -0.4 is 91.6 Å². The van der Waals surface area contributed by atoms with Gasteiger partial charge in [0.15, 0.2) is 0 Å². The molecule has 119 heavy (non-hydrogen) atoms. The number of likely N-dealkylation sites (tertiary alicyclic amines) is 1. The summed E-state index contributed by atoms with van der Waals surface area (Å²) in [6.07, 6.45) is 5.69. The number of hydrogen-bond donors (Lipinski definition) is 21. The number of phenols is 1. The summed E-state index contributed by atoms with van der Waals surface area (Å²) in [7, 11) is 0. The van der Waals surface area contributed by atoms with Crippen molar-refractivity contribution < 1.29 is 91.7 Å². The molecule has 4 aromatic rings. The Hall–Kier alpha value is -12.4. The number of rotatable bonds is 50. The molecule has 2 aromatic carbocycles. The largest absolute Gasteiger partial charge is 0.508 e. The third-order valence-electron chi connectivity index (χ3n) is 19.8. The van der Waals surface area contributed by atoms with Gasteiger partial charge in [-0.2, -0.15) is 0 Å². The van der Waals surface area contributed by atoms with Gasteiger partial charge in [-0.15, -0.1) is 0 Å². The number of nitrogens with zero attached hydrogens (tertiary/aromatic N) is 3. The van der Waals surface area contributed by atoms with Gasteiger partial charge in [0.25, 0.3) is 0 Å². The van der Waals surface area contributed by atoms with E-state index in [1.165, 1.54) is 75.0 Å². The van der Waals surface area contributed by atoms with Crippen LogP contribution in [0.25, 0.3) is 0 Å². The Labute approximate surface area is 688 Å². The third kappa shape index (κ3) is 31.5. The fourth-order valence-electron chi connectivity index (χ4n) is 12.8. The zero-order valence-corrected chi connectivity index (χ0v) is 68.4. The maximum atomic E-state index is 15.1. The van der Waals surface area contributed by atoms with Crippen molar-refractivity contribution in [3.8, 4) is 5.75 Å². The average molecular weight is 1670 g/mol. The minimum Gasteiger partial charge on any atom is -0.508 e. The van der Waals surface area contributed by atoms with Crippen molar-refractivity contribution in [2.45, 2.75) is 237 Å². The molecule has 0 radical (unpaired) electrons. The molecule has 0 saturated carbocycles.